The van der Waals surface area contributed by atoms with Gasteiger partial charge in [-0.15, -0.1) is 0 Å². The Morgan fingerprint density at radius 2 is 0.833 bits per heavy atom. The van der Waals surface area contributed by atoms with Crippen molar-refractivity contribution < 1.29 is 15.0 Å². The van der Waals surface area contributed by atoms with Gasteiger partial charge in [-0.05, 0) is 64.2 Å². The van der Waals surface area contributed by atoms with Gasteiger partial charge in [0.1, 0.15) is 0 Å². The number of aliphatic hydroxyl groups excluding tert-OH is 2. The number of unbranched alkanes of at least 4 members (excludes halogenated alkanes) is 27. The Hall–Kier alpha value is -1.91. The molecule has 0 aromatic rings. The molecule has 0 aliphatic rings. The summed E-state index contributed by atoms with van der Waals surface area (Å²) in [7, 11) is 0. The normalized spacial score (nSPS) is 13.5. The molecule has 2 unspecified atom stereocenters. The molecule has 3 N–H and O–H groups in total. The van der Waals surface area contributed by atoms with Gasteiger partial charge in [-0.3, -0.25) is 4.79 Å². The lowest BCUT2D eigenvalue weighted by Gasteiger charge is -2.19. The molecule has 0 heterocycles. The second-order valence-electron chi connectivity index (χ2n) is 15.8. The van der Waals surface area contributed by atoms with E-state index < -0.39 is 12.1 Å². The number of hydrogen-bond acceptors (Lipinski definition) is 3. The van der Waals surface area contributed by atoms with Gasteiger partial charge in [0.25, 0.3) is 0 Å². The molecule has 0 aliphatic carbocycles. The van der Waals surface area contributed by atoms with Crippen molar-refractivity contribution in [3.63, 3.8) is 0 Å². The first-order valence-corrected chi connectivity index (χ1v) is 23.5. The van der Waals surface area contributed by atoms with Gasteiger partial charge in [-0.2, -0.15) is 0 Å². The van der Waals surface area contributed by atoms with E-state index in [9.17, 15) is 15.0 Å². The summed E-state index contributed by atoms with van der Waals surface area (Å²) in [6, 6.07) is -0.656. The predicted molar refractivity (Wildman–Crippen MR) is 239 cm³/mol. The fourth-order valence-corrected chi connectivity index (χ4v) is 6.91. The van der Waals surface area contributed by atoms with E-state index in [0.29, 0.717) is 6.42 Å². The van der Waals surface area contributed by atoms with Crippen LogP contribution in [0.1, 0.15) is 232 Å². The minimum atomic E-state index is -0.876. The van der Waals surface area contributed by atoms with Crippen LogP contribution in [-0.2, 0) is 4.79 Å². The minimum Gasteiger partial charge on any atom is -0.394 e. The highest BCUT2D eigenvalue weighted by Gasteiger charge is 2.17. The van der Waals surface area contributed by atoms with Crippen LogP contribution in [0.25, 0.3) is 0 Å². The molecule has 2 atom stereocenters. The molecule has 0 spiro atoms. The van der Waals surface area contributed by atoms with Crippen LogP contribution in [0.2, 0.25) is 0 Å². The van der Waals surface area contributed by atoms with Crippen molar-refractivity contribution in [2.45, 2.75) is 244 Å². The summed E-state index contributed by atoms with van der Waals surface area (Å²) in [5.74, 6) is -0.104. The summed E-state index contributed by atoms with van der Waals surface area (Å²) in [4.78, 5) is 12.3. The highest BCUT2D eigenvalue weighted by atomic mass is 16.3. The Balaban J connectivity index is 3.55. The third kappa shape index (κ3) is 41.3. The standard InChI is InChI=1S/C50H91NO3/c1-3-5-7-9-11-13-15-17-18-19-20-21-22-23-24-25-26-27-28-29-30-31-32-34-35-37-39-41-43-45-49(53)48(47-52)51-50(54)46-44-42-40-38-36-33-16-14-12-10-8-6-4-2/h6,8,12,14,33,35-37,43,45,48-49,52-53H,3-5,7,9-11,13,15-32,34,38-42,44,46-47H2,1-2H3,(H,51,54)/b8-6-,14-12-,36-33-,37-35+,45-43+. The summed E-state index contributed by atoms with van der Waals surface area (Å²) in [6.45, 7) is 4.17. The summed E-state index contributed by atoms with van der Waals surface area (Å²) in [5.41, 5.74) is 0. The molecule has 54 heavy (non-hydrogen) atoms. The van der Waals surface area contributed by atoms with E-state index in [2.05, 4.69) is 67.8 Å². The van der Waals surface area contributed by atoms with Crippen molar-refractivity contribution in [2.75, 3.05) is 6.61 Å². The number of allylic oxidation sites excluding steroid dienone is 9. The van der Waals surface area contributed by atoms with Crippen molar-refractivity contribution in [1.29, 1.82) is 0 Å². The molecule has 0 saturated heterocycles. The molecule has 1 amide bonds. The third-order valence-corrected chi connectivity index (χ3v) is 10.5. The Kier molecular flexibility index (Phi) is 43.9. The summed E-state index contributed by atoms with van der Waals surface area (Å²) in [6.07, 6.45) is 63.6. The average molecular weight is 754 g/mol. The lowest BCUT2D eigenvalue weighted by Crippen LogP contribution is -2.45. The number of nitrogens with one attached hydrogen (secondary N) is 1. The SMILES string of the molecule is CC/C=C\C/C=C\C/C=C\CCCCCC(=O)NC(CO)C(O)/C=C/CC/C=C/CCCCCCCCCCCCCCCCCCCCCCCCC. The van der Waals surface area contributed by atoms with Gasteiger partial charge in [-0.1, -0.05) is 222 Å². The minimum absolute atomic E-state index is 0.104. The van der Waals surface area contributed by atoms with Gasteiger partial charge in [-0.25, -0.2) is 0 Å². The molecule has 4 nitrogen and oxygen atoms in total. The van der Waals surface area contributed by atoms with Crippen LogP contribution in [0.3, 0.4) is 0 Å². The second-order valence-corrected chi connectivity index (χ2v) is 15.8. The Morgan fingerprint density at radius 1 is 0.463 bits per heavy atom. The number of carbonyl (C=O) groups is 1. The topological polar surface area (TPSA) is 69.6 Å². The maximum absolute atomic E-state index is 12.3. The van der Waals surface area contributed by atoms with E-state index in [1.165, 1.54) is 148 Å². The van der Waals surface area contributed by atoms with E-state index in [-0.39, 0.29) is 12.5 Å². The Bertz CT molecular complexity index is 904. The van der Waals surface area contributed by atoms with Crippen molar-refractivity contribution in [2.24, 2.45) is 0 Å². The Labute approximate surface area is 336 Å². The molecule has 0 radical (unpaired) electrons. The molecule has 4 heteroatoms. The van der Waals surface area contributed by atoms with Gasteiger partial charge in [0.2, 0.25) is 5.91 Å². The summed E-state index contributed by atoms with van der Waals surface area (Å²) < 4.78 is 0. The Morgan fingerprint density at radius 3 is 1.30 bits per heavy atom. The summed E-state index contributed by atoms with van der Waals surface area (Å²) >= 11 is 0. The van der Waals surface area contributed by atoms with E-state index in [1.54, 1.807) is 6.08 Å². The number of amides is 1. The highest BCUT2D eigenvalue weighted by Crippen LogP contribution is 2.16. The predicted octanol–water partition coefficient (Wildman–Crippen LogP) is 14.9. The molecule has 0 rings (SSSR count). The van der Waals surface area contributed by atoms with Crippen LogP contribution in [0.15, 0.2) is 60.8 Å². The van der Waals surface area contributed by atoms with Crippen LogP contribution in [-0.4, -0.2) is 34.9 Å². The molecule has 314 valence electrons. The molecule has 0 aromatic carbocycles. The first-order chi connectivity index (χ1) is 26.7. The third-order valence-electron chi connectivity index (χ3n) is 10.5. The second kappa shape index (κ2) is 45.5. The van der Waals surface area contributed by atoms with E-state index >= 15 is 0 Å². The number of aliphatic hydroxyl groups is 2. The van der Waals surface area contributed by atoms with Crippen LogP contribution in [0.4, 0.5) is 0 Å². The smallest absolute Gasteiger partial charge is 0.220 e. The van der Waals surface area contributed by atoms with Gasteiger partial charge in [0, 0.05) is 6.42 Å². The molecular formula is C50H91NO3. The number of rotatable bonds is 42. The van der Waals surface area contributed by atoms with Crippen molar-refractivity contribution >= 4 is 5.91 Å². The fourth-order valence-electron chi connectivity index (χ4n) is 6.91. The first kappa shape index (κ1) is 52.1. The van der Waals surface area contributed by atoms with Crippen LogP contribution in [0.5, 0.6) is 0 Å². The van der Waals surface area contributed by atoms with Crippen molar-refractivity contribution in [1.82, 2.24) is 5.32 Å². The van der Waals surface area contributed by atoms with Crippen LogP contribution >= 0.6 is 0 Å². The van der Waals surface area contributed by atoms with Crippen LogP contribution < -0.4 is 5.32 Å². The zero-order chi connectivity index (χ0) is 39.3. The van der Waals surface area contributed by atoms with Crippen LogP contribution in [0, 0.1) is 0 Å². The molecular weight excluding hydrogens is 663 g/mol. The maximum atomic E-state index is 12.3. The van der Waals surface area contributed by atoms with Crippen molar-refractivity contribution in [3.8, 4) is 0 Å². The van der Waals surface area contributed by atoms with Crippen molar-refractivity contribution in [3.05, 3.63) is 60.8 Å². The first-order valence-electron chi connectivity index (χ1n) is 23.5. The summed E-state index contributed by atoms with van der Waals surface area (Å²) in [5, 5.41) is 23.0. The zero-order valence-corrected chi connectivity index (χ0v) is 36.0. The van der Waals surface area contributed by atoms with Gasteiger partial charge < -0.3 is 15.5 Å². The molecule has 0 aliphatic heterocycles. The average Bonchev–Trinajstić information content (AvgIpc) is 3.18. The number of carbonyl (C=O) groups excluding carboxylic acids is 1. The van der Waals surface area contributed by atoms with Gasteiger partial charge >= 0.3 is 0 Å². The molecule has 0 saturated carbocycles. The molecule has 0 bridgehead atoms. The largest absolute Gasteiger partial charge is 0.394 e. The fraction of sp³-hybridized carbons (Fsp3) is 0.780. The highest BCUT2D eigenvalue weighted by molar-refractivity contribution is 5.76. The van der Waals surface area contributed by atoms with E-state index in [0.717, 1.165) is 64.2 Å². The van der Waals surface area contributed by atoms with Gasteiger partial charge in [0.15, 0.2) is 0 Å². The molecule has 0 fully saturated rings. The lowest BCUT2D eigenvalue weighted by atomic mass is 10.0. The van der Waals surface area contributed by atoms with E-state index in [4.69, 9.17) is 0 Å². The molecule has 0 aromatic heterocycles. The van der Waals surface area contributed by atoms with Gasteiger partial charge in [0.05, 0.1) is 18.8 Å². The quantitative estimate of drug-likeness (QED) is 0.0429. The zero-order valence-electron chi connectivity index (χ0n) is 36.0. The number of hydrogen-bond donors (Lipinski definition) is 3. The lowest BCUT2D eigenvalue weighted by molar-refractivity contribution is -0.123. The maximum Gasteiger partial charge on any atom is 0.220 e. The monoisotopic (exact) mass is 754 g/mol. The van der Waals surface area contributed by atoms with E-state index in [1.807, 2.05) is 6.08 Å².